The molecular weight excluding hydrogens is 386 g/mol. The van der Waals surface area contributed by atoms with Gasteiger partial charge in [-0.05, 0) is 68.7 Å². The second-order valence-electron chi connectivity index (χ2n) is 8.64. The summed E-state index contributed by atoms with van der Waals surface area (Å²) in [5, 5.41) is 14.9. The molecule has 0 atom stereocenters. The summed E-state index contributed by atoms with van der Waals surface area (Å²) in [6.07, 6.45) is 17.9. The van der Waals surface area contributed by atoms with Gasteiger partial charge in [0.2, 0.25) is 0 Å². The average molecular weight is 420 g/mol. The fraction of sp³-hybridized carbons (Fsp3) is 0.346. The van der Waals surface area contributed by atoms with Gasteiger partial charge in [0.15, 0.2) is 0 Å². The molecule has 0 saturated heterocycles. The molecule has 0 saturated carbocycles. The van der Waals surface area contributed by atoms with E-state index in [4.69, 9.17) is 0 Å². The zero-order valence-electron chi connectivity index (χ0n) is 19.2. The van der Waals surface area contributed by atoms with E-state index >= 15 is 0 Å². The van der Waals surface area contributed by atoms with Gasteiger partial charge in [0.25, 0.3) is 5.69 Å². The van der Waals surface area contributed by atoms with E-state index in [0.717, 1.165) is 5.57 Å². The lowest BCUT2D eigenvalue weighted by molar-refractivity contribution is -0.384. The Bertz CT molecular complexity index is 976. The Morgan fingerprint density at radius 2 is 1.94 bits per heavy atom. The monoisotopic (exact) mass is 419 g/mol. The number of hydrogen-bond acceptors (Lipinski definition) is 4. The molecule has 5 heteroatoms. The standard InChI is InChI=1S/C26H33N3O2/c1-20(14-15-25-22(3)11-8-17-26(25,4)5)9-6-10-21(2)16-18-27-28-23-12-7-13-24(19-23)29(30)31/h6-7,9-10,12-16,18-19,28H,8,11,17H2,1-5H3/b10-6+,15-14+,20-9+,21-16+,27-18+. The third-order valence-electron chi connectivity index (χ3n) is 5.44. The Morgan fingerprint density at radius 3 is 2.65 bits per heavy atom. The van der Waals surface area contributed by atoms with E-state index < -0.39 is 4.92 Å². The summed E-state index contributed by atoms with van der Waals surface area (Å²) in [6.45, 7) is 11.0. The van der Waals surface area contributed by atoms with E-state index in [1.165, 1.54) is 48.1 Å². The van der Waals surface area contributed by atoms with Crippen molar-refractivity contribution in [2.75, 3.05) is 5.43 Å². The average Bonchev–Trinajstić information content (AvgIpc) is 2.70. The van der Waals surface area contributed by atoms with Gasteiger partial charge in [-0.2, -0.15) is 5.10 Å². The van der Waals surface area contributed by atoms with Crippen LogP contribution in [0.25, 0.3) is 0 Å². The maximum atomic E-state index is 10.8. The van der Waals surface area contributed by atoms with Crippen LogP contribution < -0.4 is 5.43 Å². The summed E-state index contributed by atoms with van der Waals surface area (Å²) in [4.78, 5) is 10.4. The largest absolute Gasteiger partial charge is 0.278 e. The van der Waals surface area contributed by atoms with E-state index in [1.807, 2.05) is 25.2 Å². The molecule has 0 aromatic heterocycles. The maximum Gasteiger partial charge on any atom is 0.271 e. The Labute approximate surface area is 185 Å². The molecule has 0 unspecified atom stereocenters. The molecule has 0 amide bonds. The van der Waals surface area contributed by atoms with Gasteiger partial charge in [-0.1, -0.05) is 61.4 Å². The molecule has 5 nitrogen and oxygen atoms in total. The number of rotatable bonds is 8. The van der Waals surface area contributed by atoms with Gasteiger partial charge in [-0.15, -0.1) is 0 Å². The van der Waals surface area contributed by atoms with E-state index in [1.54, 1.807) is 18.3 Å². The van der Waals surface area contributed by atoms with Crippen molar-refractivity contribution in [3.05, 3.63) is 93.1 Å². The van der Waals surface area contributed by atoms with Gasteiger partial charge in [-0.25, -0.2) is 0 Å². The highest BCUT2D eigenvalue weighted by Crippen LogP contribution is 2.40. The SMILES string of the molecule is CC1=C(/C=C/C(C)=C/C=C/C(C)=C/C=N/Nc2cccc([N+](=O)[O-])c2)C(C)(C)CCC1. The van der Waals surface area contributed by atoms with Gasteiger partial charge >= 0.3 is 0 Å². The molecule has 1 aliphatic rings. The van der Waals surface area contributed by atoms with Crippen LogP contribution in [0.4, 0.5) is 11.4 Å². The fourth-order valence-corrected chi connectivity index (χ4v) is 3.64. The maximum absolute atomic E-state index is 10.8. The fourth-order valence-electron chi connectivity index (χ4n) is 3.64. The van der Waals surface area contributed by atoms with Crippen LogP contribution in [-0.4, -0.2) is 11.1 Å². The first-order chi connectivity index (χ1) is 14.7. The minimum absolute atomic E-state index is 0.0320. The summed E-state index contributed by atoms with van der Waals surface area (Å²) in [5.74, 6) is 0. The number of nitro benzene ring substituents is 1. The molecule has 0 spiro atoms. The minimum Gasteiger partial charge on any atom is -0.278 e. The Balaban J connectivity index is 1.91. The van der Waals surface area contributed by atoms with Crippen molar-refractivity contribution < 1.29 is 4.92 Å². The molecule has 1 N–H and O–H groups in total. The third-order valence-corrected chi connectivity index (χ3v) is 5.44. The Morgan fingerprint density at radius 1 is 1.19 bits per heavy atom. The summed E-state index contributed by atoms with van der Waals surface area (Å²) >= 11 is 0. The van der Waals surface area contributed by atoms with Crippen molar-refractivity contribution >= 4 is 17.6 Å². The van der Waals surface area contributed by atoms with Gasteiger partial charge < -0.3 is 0 Å². The molecule has 0 bridgehead atoms. The van der Waals surface area contributed by atoms with Crippen LogP contribution in [0.3, 0.4) is 0 Å². The number of nitrogens with zero attached hydrogens (tertiary/aromatic N) is 2. The van der Waals surface area contributed by atoms with E-state index in [2.05, 4.69) is 56.5 Å². The Hall–Kier alpha value is -3.21. The van der Waals surface area contributed by atoms with Crippen molar-refractivity contribution in [3.63, 3.8) is 0 Å². The summed E-state index contributed by atoms with van der Waals surface area (Å²) < 4.78 is 0. The van der Waals surface area contributed by atoms with E-state index in [0.29, 0.717) is 5.69 Å². The topological polar surface area (TPSA) is 67.5 Å². The molecule has 1 aromatic carbocycles. The van der Waals surface area contributed by atoms with Crippen molar-refractivity contribution in [2.45, 2.75) is 53.9 Å². The van der Waals surface area contributed by atoms with Crippen LogP contribution in [0, 0.1) is 15.5 Å². The number of hydrazone groups is 1. The normalized spacial score (nSPS) is 17.8. The number of nitro groups is 1. The van der Waals surface area contributed by atoms with Gasteiger partial charge in [0.05, 0.1) is 10.6 Å². The number of allylic oxidation sites excluding steroid dienone is 10. The minimum atomic E-state index is -0.428. The van der Waals surface area contributed by atoms with Gasteiger partial charge in [-0.3, -0.25) is 15.5 Å². The highest BCUT2D eigenvalue weighted by molar-refractivity contribution is 5.73. The van der Waals surface area contributed by atoms with Crippen LogP contribution in [0.1, 0.15) is 53.9 Å². The summed E-state index contributed by atoms with van der Waals surface area (Å²) in [7, 11) is 0. The molecule has 0 heterocycles. The molecule has 1 aliphatic carbocycles. The van der Waals surface area contributed by atoms with Crippen LogP contribution in [0.15, 0.2) is 88.1 Å². The first-order valence-corrected chi connectivity index (χ1v) is 10.6. The number of benzene rings is 1. The molecule has 0 radical (unpaired) electrons. The van der Waals surface area contributed by atoms with Crippen molar-refractivity contribution in [1.29, 1.82) is 0 Å². The smallest absolute Gasteiger partial charge is 0.271 e. The Kier molecular flexibility index (Phi) is 8.74. The highest BCUT2D eigenvalue weighted by atomic mass is 16.6. The van der Waals surface area contributed by atoms with E-state index in [-0.39, 0.29) is 11.1 Å². The molecule has 164 valence electrons. The second kappa shape index (κ2) is 11.3. The lowest BCUT2D eigenvalue weighted by Crippen LogP contribution is -2.19. The van der Waals surface area contributed by atoms with Crippen LogP contribution in [0.5, 0.6) is 0 Å². The number of nitrogens with one attached hydrogen (secondary N) is 1. The molecular formula is C26H33N3O2. The summed E-state index contributed by atoms with van der Waals surface area (Å²) in [6, 6.07) is 6.24. The predicted molar refractivity (Wildman–Crippen MR) is 131 cm³/mol. The lowest BCUT2D eigenvalue weighted by atomic mass is 9.72. The first kappa shape index (κ1) is 24.1. The van der Waals surface area contributed by atoms with Crippen LogP contribution in [0.2, 0.25) is 0 Å². The van der Waals surface area contributed by atoms with Crippen LogP contribution >= 0.6 is 0 Å². The second-order valence-corrected chi connectivity index (χ2v) is 8.64. The lowest BCUT2D eigenvalue weighted by Gasteiger charge is -2.32. The van der Waals surface area contributed by atoms with Crippen LogP contribution in [-0.2, 0) is 0 Å². The zero-order valence-corrected chi connectivity index (χ0v) is 19.2. The first-order valence-electron chi connectivity index (χ1n) is 10.6. The summed E-state index contributed by atoms with van der Waals surface area (Å²) in [5.41, 5.74) is 8.88. The zero-order chi connectivity index (χ0) is 22.9. The van der Waals surface area contributed by atoms with Gasteiger partial charge in [0.1, 0.15) is 0 Å². The third kappa shape index (κ3) is 7.85. The number of anilines is 1. The molecule has 0 aliphatic heterocycles. The molecule has 0 fully saturated rings. The van der Waals surface area contributed by atoms with Gasteiger partial charge in [0, 0.05) is 18.3 Å². The van der Waals surface area contributed by atoms with E-state index in [9.17, 15) is 10.1 Å². The highest BCUT2D eigenvalue weighted by Gasteiger charge is 2.26. The number of non-ortho nitro benzene ring substituents is 1. The predicted octanol–water partition coefficient (Wildman–Crippen LogP) is 7.52. The molecule has 1 aromatic rings. The van der Waals surface area contributed by atoms with Crippen molar-refractivity contribution in [1.82, 2.24) is 0 Å². The molecule has 2 rings (SSSR count). The molecule has 31 heavy (non-hydrogen) atoms. The quantitative estimate of drug-likeness (QED) is 0.205. The van der Waals surface area contributed by atoms with Crippen molar-refractivity contribution in [2.24, 2.45) is 10.5 Å². The van der Waals surface area contributed by atoms with Crippen molar-refractivity contribution in [3.8, 4) is 0 Å². The number of hydrogen-bond donors (Lipinski definition) is 1.